The van der Waals surface area contributed by atoms with Gasteiger partial charge in [-0.2, -0.15) is 11.8 Å². The maximum Gasteiger partial charge on any atom is 0.190 e. The highest BCUT2D eigenvalue weighted by atomic mass is 32.2. The van der Waals surface area contributed by atoms with E-state index in [1.54, 1.807) is 6.20 Å². The van der Waals surface area contributed by atoms with Gasteiger partial charge in [0.05, 0.1) is 12.4 Å². The molecule has 100 valence electrons. The maximum atomic E-state index is 8.53. The van der Waals surface area contributed by atoms with E-state index in [9.17, 15) is 0 Å². The minimum atomic E-state index is -0.0351. The molecule has 0 amide bonds. The Morgan fingerprint density at radius 2 is 2.28 bits per heavy atom. The summed E-state index contributed by atoms with van der Waals surface area (Å²) in [6, 6.07) is 0.390. The minimum Gasteiger partial charge on any atom is -0.409 e. The van der Waals surface area contributed by atoms with E-state index in [-0.39, 0.29) is 5.84 Å². The Bertz CT molecular complexity index is 395. The van der Waals surface area contributed by atoms with Gasteiger partial charge >= 0.3 is 0 Å². The summed E-state index contributed by atoms with van der Waals surface area (Å²) >= 11 is 1.83. The van der Waals surface area contributed by atoms with Gasteiger partial charge in [0, 0.05) is 13.1 Å². The number of nitrogens with two attached hydrogens (primary N) is 1. The van der Waals surface area contributed by atoms with Crippen LogP contribution in [0.4, 0.5) is 5.82 Å². The lowest BCUT2D eigenvalue weighted by Gasteiger charge is -2.25. The fourth-order valence-electron chi connectivity index (χ4n) is 1.39. The van der Waals surface area contributed by atoms with Crippen LogP contribution in [0.3, 0.4) is 0 Å². The molecular formula is C11H19N5OS. The second-order valence-corrected chi connectivity index (χ2v) is 4.97. The Balaban J connectivity index is 2.72. The van der Waals surface area contributed by atoms with Crippen LogP contribution in [0.2, 0.25) is 0 Å². The van der Waals surface area contributed by atoms with E-state index < -0.39 is 0 Å². The molecule has 1 aromatic rings. The number of rotatable bonds is 6. The number of hydrogen-bond acceptors (Lipinski definition) is 6. The first-order valence-electron chi connectivity index (χ1n) is 5.61. The number of aromatic nitrogens is 2. The molecule has 1 unspecified atom stereocenters. The molecule has 0 saturated heterocycles. The largest absolute Gasteiger partial charge is 0.409 e. The zero-order chi connectivity index (χ0) is 13.5. The Morgan fingerprint density at radius 3 is 2.78 bits per heavy atom. The topological polar surface area (TPSA) is 87.6 Å². The molecule has 7 heteroatoms. The predicted molar refractivity (Wildman–Crippen MR) is 75.4 cm³/mol. The van der Waals surface area contributed by atoms with Gasteiger partial charge in [-0.3, -0.25) is 0 Å². The molecule has 1 atom stereocenters. The lowest BCUT2D eigenvalue weighted by molar-refractivity contribution is 0.318. The third-order valence-corrected chi connectivity index (χ3v) is 3.41. The van der Waals surface area contributed by atoms with E-state index in [0.29, 0.717) is 11.7 Å². The van der Waals surface area contributed by atoms with E-state index in [1.807, 2.05) is 18.8 Å². The van der Waals surface area contributed by atoms with Crippen molar-refractivity contribution in [3.63, 3.8) is 0 Å². The molecule has 1 rings (SSSR count). The maximum absolute atomic E-state index is 8.53. The van der Waals surface area contributed by atoms with Crippen molar-refractivity contribution in [1.29, 1.82) is 0 Å². The summed E-state index contributed by atoms with van der Waals surface area (Å²) in [6.07, 6.45) is 6.31. The normalized spacial score (nSPS) is 13.4. The second kappa shape index (κ2) is 7.05. The number of anilines is 1. The van der Waals surface area contributed by atoms with E-state index in [1.165, 1.54) is 6.20 Å². The van der Waals surface area contributed by atoms with Gasteiger partial charge in [-0.1, -0.05) is 5.16 Å². The molecule has 0 spiro atoms. The molecule has 1 heterocycles. The van der Waals surface area contributed by atoms with E-state index >= 15 is 0 Å². The highest BCUT2D eigenvalue weighted by Crippen LogP contribution is 2.13. The fraction of sp³-hybridized carbons (Fsp3) is 0.545. The average Bonchev–Trinajstić information content (AvgIpc) is 2.43. The minimum absolute atomic E-state index is 0.0351. The molecule has 0 aliphatic carbocycles. The third-order valence-electron chi connectivity index (χ3n) is 2.77. The molecule has 0 bridgehead atoms. The summed E-state index contributed by atoms with van der Waals surface area (Å²) in [6.45, 7) is 2.15. The van der Waals surface area contributed by atoms with Gasteiger partial charge in [0.2, 0.25) is 0 Å². The number of amidine groups is 1. The zero-order valence-corrected chi connectivity index (χ0v) is 11.7. The highest BCUT2D eigenvalue weighted by molar-refractivity contribution is 7.98. The first kappa shape index (κ1) is 14.6. The van der Waals surface area contributed by atoms with Crippen molar-refractivity contribution >= 4 is 23.4 Å². The van der Waals surface area contributed by atoms with Crippen LogP contribution < -0.4 is 10.6 Å². The van der Waals surface area contributed by atoms with Crippen LogP contribution in [0, 0.1) is 0 Å². The zero-order valence-electron chi connectivity index (χ0n) is 10.9. The summed E-state index contributed by atoms with van der Waals surface area (Å²) in [4.78, 5) is 10.4. The monoisotopic (exact) mass is 269 g/mol. The smallest absolute Gasteiger partial charge is 0.190 e. The van der Waals surface area contributed by atoms with Crippen molar-refractivity contribution in [2.45, 2.75) is 19.4 Å². The fourth-order valence-corrected chi connectivity index (χ4v) is 1.97. The van der Waals surface area contributed by atoms with Crippen LogP contribution in [-0.4, -0.2) is 46.1 Å². The Labute approximate surface area is 111 Å². The van der Waals surface area contributed by atoms with Gasteiger partial charge in [0.15, 0.2) is 5.84 Å². The molecule has 6 nitrogen and oxygen atoms in total. The van der Waals surface area contributed by atoms with Gasteiger partial charge < -0.3 is 15.8 Å². The lowest BCUT2D eigenvalue weighted by atomic mass is 10.2. The molecule has 18 heavy (non-hydrogen) atoms. The summed E-state index contributed by atoms with van der Waals surface area (Å²) < 4.78 is 0. The van der Waals surface area contributed by atoms with Crippen LogP contribution in [0.5, 0.6) is 0 Å². The van der Waals surface area contributed by atoms with Gasteiger partial charge in [0.1, 0.15) is 11.5 Å². The summed E-state index contributed by atoms with van der Waals surface area (Å²) in [5.74, 6) is 1.85. The molecule has 0 saturated carbocycles. The predicted octanol–water partition coefficient (Wildman–Crippen LogP) is 1.15. The molecule has 0 aliphatic heterocycles. The number of oxime groups is 1. The molecule has 0 aromatic carbocycles. The highest BCUT2D eigenvalue weighted by Gasteiger charge is 2.11. The third kappa shape index (κ3) is 3.76. The molecule has 3 N–H and O–H groups in total. The standard InChI is InChI=1S/C11H19N5OS/c1-8(4-5-18-3)16(2)10-7-13-9(6-14-10)11(12)15-17/h6-8,17H,4-5H2,1-3H3,(H2,12,15). The number of nitrogens with zero attached hydrogens (tertiary/aromatic N) is 4. The summed E-state index contributed by atoms with van der Waals surface area (Å²) in [7, 11) is 1.98. The van der Waals surface area contributed by atoms with Crippen molar-refractivity contribution in [2.24, 2.45) is 10.9 Å². The van der Waals surface area contributed by atoms with E-state index in [0.717, 1.165) is 18.0 Å². The van der Waals surface area contributed by atoms with Crippen LogP contribution >= 0.6 is 11.8 Å². The van der Waals surface area contributed by atoms with Gasteiger partial charge in [-0.15, -0.1) is 0 Å². The quantitative estimate of drug-likeness (QED) is 0.348. The molecule has 0 aliphatic rings. The van der Waals surface area contributed by atoms with Crippen LogP contribution in [0.1, 0.15) is 19.0 Å². The van der Waals surface area contributed by atoms with Gasteiger partial charge in [-0.25, -0.2) is 9.97 Å². The van der Waals surface area contributed by atoms with Crippen molar-refractivity contribution in [1.82, 2.24) is 9.97 Å². The van der Waals surface area contributed by atoms with Gasteiger partial charge in [0.25, 0.3) is 0 Å². The molecule has 0 fully saturated rings. The first-order valence-corrected chi connectivity index (χ1v) is 7.01. The Kier molecular flexibility index (Phi) is 5.70. The number of hydrogen-bond donors (Lipinski definition) is 2. The molecule has 1 aromatic heterocycles. The van der Waals surface area contributed by atoms with Crippen LogP contribution in [-0.2, 0) is 0 Å². The van der Waals surface area contributed by atoms with Gasteiger partial charge in [-0.05, 0) is 25.4 Å². The lowest BCUT2D eigenvalue weighted by Crippen LogP contribution is -2.30. The van der Waals surface area contributed by atoms with Crippen LogP contribution in [0.25, 0.3) is 0 Å². The van der Waals surface area contributed by atoms with Crippen molar-refractivity contribution in [3.05, 3.63) is 18.1 Å². The molecule has 0 radical (unpaired) electrons. The summed E-state index contributed by atoms with van der Waals surface area (Å²) in [5.41, 5.74) is 5.79. The van der Waals surface area contributed by atoms with E-state index in [2.05, 4.69) is 33.2 Å². The van der Waals surface area contributed by atoms with Crippen molar-refractivity contribution < 1.29 is 5.21 Å². The van der Waals surface area contributed by atoms with E-state index in [4.69, 9.17) is 10.9 Å². The van der Waals surface area contributed by atoms with Crippen molar-refractivity contribution in [3.8, 4) is 0 Å². The number of thioether (sulfide) groups is 1. The second-order valence-electron chi connectivity index (χ2n) is 3.99. The van der Waals surface area contributed by atoms with Crippen LogP contribution in [0.15, 0.2) is 17.5 Å². The Morgan fingerprint density at radius 1 is 1.56 bits per heavy atom. The Hall–Kier alpha value is -1.50. The first-order chi connectivity index (χ1) is 8.60. The SMILES string of the molecule is CSCCC(C)N(C)c1cnc(C(N)=NO)cn1. The summed E-state index contributed by atoms with van der Waals surface area (Å²) in [5, 5.41) is 11.4. The molecular weight excluding hydrogens is 250 g/mol. The van der Waals surface area contributed by atoms with Crippen molar-refractivity contribution in [2.75, 3.05) is 24.0 Å². The average molecular weight is 269 g/mol.